The smallest absolute Gasteiger partial charge is 0.364 e. The largest absolute Gasteiger partial charge is 0.416 e. The van der Waals surface area contributed by atoms with E-state index in [1.165, 1.54) is 18.5 Å². The molecule has 0 saturated carbocycles. The number of rotatable bonds is 7. The minimum atomic E-state index is -4.85. The van der Waals surface area contributed by atoms with E-state index in [-0.39, 0.29) is 23.6 Å². The van der Waals surface area contributed by atoms with Gasteiger partial charge in [0, 0.05) is 23.5 Å². The van der Waals surface area contributed by atoms with Gasteiger partial charge in [0.25, 0.3) is 11.8 Å². The molecule has 8 nitrogen and oxygen atoms in total. The molecule has 2 heterocycles. The van der Waals surface area contributed by atoms with Crippen LogP contribution in [0.5, 0.6) is 0 Å². The van der Waals surface area contributed by atoms with Crippen molar-refractivity contribution in [3.63, 3.8) is 0 Å². The van der Waals surface area contributed by atoms with Gasteiger partial charge in [0.05, 0.1) is 23.4 Å². The lowest BCUT2D eigenvalue weighted by atomic mass is 10.1. The number of para-hydroxylation sites is 1. The second kappa shape index (κ2) is 10.5. The molecule has 12 heteroatoms. The average molecular weight is 513 g/mol. The first-order valence-electron chi connectivity index (χ1n) is 10.8. The fraction of sp³-hybridized carbons (Fsp3) is 0.120. The summed E-state index contributed by atoms with van der Waals surface area (Å²) in [6.07, 6.45) is -2.24. The number of carbonyl (C=O) groups excluding carboxylic acids is 2. The van der Waals surface area contributed by atoms with Crippen molar-refractivity contribution in [2.45, 2.75) is 19.6 Å². The molecule has 2 aromatic carbocycles. The molecule has 3 N–H and O–H groups in total. The number of amides is 2. The van der Waals surface area contributed by atoms with Crippen molar-refractivity contribution >= 4 is 29.0 Å². The molecule has 0 bridgehead atoms. The summed E-state index contributed by atoms with van der Waals surface area (Å²) >= 11 is 0. The number of benzene rings is 2. The Hall–Kier alpha value is -4.74. The Labute approximate surface area is 207 Å². The summed E-state index contributed by atoms with van der Waals surface area (Å²) in [5.41, 5.74) is 0.114. The Morgan fingerprint density at radius 2 is 1.76 bits per heavy atom. The second-order valence-electron chi connectivity index (χ2n) is 7.91. The van der Waals surface area contributed by atoms with Crippen LogP contribution in [0.3, 0.4) is 0 Å². The maximum Gasteiger partial charge on any atom is 0.416 e. The van der Waals surface area contributed by atoms with Gasteiger partial charge >= 0.3 is 6.18 Å². The van der Waals surface area contributed by atoms with Crippen LogP contribution in [-0.4, -0.2) is 22.0 Å². The van der Waals surface area contributed by atoms with Crippen molar-refractivity contribution in [3.8, 4) is 0 Å². The van der Waals surface area contributed by atoms with Gasteiger partial charge in [0.1, 0.15) is 17.8 Å². The van der Waals surface area contributed by atoms with E-state index in [4.69, 9.17) is 4.52 Å². The minimum absolute atomic E-state index is 0.0137. The zero-order chi connectivity index (χ0) is 26.6. The van der Waals surface area contributed by atoms with Gasteiger partial charge in [-0.15, -0.1) is 0 Å². The summed E-state index contributed by atoms with van der Waals surface area (Å²) in [5.74, 6) is -2.70. The first-order chi connectivity index (χ1) is 17.6. The molecule has 0 atom stereocenters. The Kier molecular flexibility index (Phi) is 7.18. The second-order valence-corrected chi connectivity index (χ2v) is 7.91. The maximum absolute atomic E-state index is 13.9. The number of carbonyl (C=O) groups is 2. The number of aryl methyl sites for hydroxylation is 1. The van der Waals surface area contributed by atoms with Crippen molar-refractivity contribution in [2.24, 2.45) is 0 Å². The zero-order valence-corrected chi connectivity index (χ0v) is 19.2. The van der Waals surface area contributed by atoms with Gasteiger partial charge in [0.15, 0.2) is 5.82 Å². The molecule has 2 aromatic heterocycles. The Morgan fingerprint density at radius 1 is 0.973 bits per heavy atom. The zero-order valence-electron chi connectivity index (χ0n) is 19.2. The van der Waals surface area contributed by atoms with Crippen LogP contribution in [0.25, 0.3) is 0 Å². The third-order valence-electron chi connectivity index (χ3n) is 5.20. The highest BCUT2D eigenvalue weighted by Crippen LogP contribution is 2.31. The molecular formula is C25H19F4N5O3. The summed E-state index contributed by atoms with van der Waals surface area (Å²) < 4.78 is 58.0. The highest BCUT2D eigenvalue weighted by molar-refractivity contribution is 6.07. The molecule has 0 fully saturated rings. The first kappa shape index (κ1) is 25.4. The van der Waals surface area contributed by atoms with Crippen LogP contribution in [0, 0.1) is 12.7 Å². The molecule has 4 aromatic rings. The van der Waals surface area contributed by atoms with Crippen LogP contribution in [0.4, 0.5) is 34.8 Å². The standard InChI is InChI=1S/C25H19F4N5O3/c1-14-4-2-3-5-20(14)32-22-21(10-16(12-30-22)23(35)31-13-19-6-7-37-34-19)33-24(36)15-8-17(25(27,28)29)11-18(26)9-15/h2-12H,13H2,1H3,(H,30,32)(H,31,35)(H,33,36). The van der Waals surface area contributed by atoms with Crippen LogP contribution in [0.2, 0.25) is 0 Å². The van der Waals surface area contributed by atoms with Gasteiger partial charge in [-0.1, -0.05) is 23.4 Å². The maximum atomic E-state index is 13.9. The molecular weight excluding hydrogens is 494 g/mol. The highest BCUT2D eigenvalue weighted by Gasteiger charge is 2.32. The lowest BCUT2D eigenvalue weighted by Crippen LogP contribution is -2.24. The van der Waals surface area contributed by atoms with Gasteiger partial charge in [0.2, 0.25) is 0 Å². The van der Waals surface area contributed by atoms with E-state index in [1.807, 2.05) is 19.1 Å². The quantitative estimate of drug-likeness (QED) is 0.283. The molecule has 190 valence electrons. The van der Waals surface area contributed by atoms with Crippen LogP contribution in [-0.2, 0) is 12.7 Å². The van der Waals surface area contributed by atoms with Gasteiger partial charge in [-0.3, -0.25) is 9.59 Å². The van der Waals surface area contributed by atoms with Crippen LogP contribution in [0.15, 0.2) is 71.6 Å². The number of hydrogen-bond acceptors (Lipinski definition) is 6. The molecule has 0 aliphatic carbocycles. The van der Waals surface area contributed by atoms with Crippen LogP contribution < -0.4 is 16.0 Å². The van der Waals surface area contributed by atoms with E-state index < -0.39 is 34.9 Å². The van der Waals surface area contributed by atoms with Crippen molar-refractivity contribution in [1.82, 2.24) is 15.5 Å². The summed E-state index contributed by atoms with van der Waals surface area (Å²) in [6.45, 7) is 1.89. The van der Waals surface area contributed by atoms with Crippen molar-refractivity contribution < 1.29 is 31.7 Å². The van der Waals surface area contributed by atoms with Crippen molar-refractivity contribution in [2.75, 3.05) is 10.6 Å². The molecule has 2 amide bonds. The van der Waals surface area contributed by atoms with Crippen molar-refractivity contribution in [1.29, 1.82) is 0 Å². The van der Waals surface area contributed by atoms with Gasteiger partial charge in [-0.2, -0.15) is 13.2 Å². The number of aromatic nitrogens is 2. The summed E-state index contributed by atoms with van der Waals surface area (Å²) in [7, 11) is 0. The SMILES string of the molecule is Cc1ccccc1Nc1ncc(C(=O)NCc2ccon2)cc1NC(=O)c1cc(F)cc(C(F)(F)F)c1. The number of hydrogen-bond donors (Lipinski definition) is 3. The normalized spacial score (nSPS) is 11.2. The fourth-order valence-corrected chi connectivity index (χ4v) is 3.31. The van der Waals surface area contributed by atoms with E-state index in [1.54, 1.807) is 18.2 Å². The van der Waals surface area contributed by atoms with E-state index in [0.717, 1.165) is 5.56 Å². The number of anilines is 3. The molecule has 0 aliphatic rings. The summed E-state index contributed by atoms with van der Waals surface area (Å²) in [6, 6.07) is 11.5. The number of nitrogens with one attached hydrogen (secondary N) is 3. The molecule has 4 rings (SSSR count). The number of nitrogens with zero attached hydrogens (tertiary/aromatic N) is 2. The van der Waals surface area contributed by atoms with Gasteiger partial charge in [-0.05, 0) is 42.8 Å². The number of pyridine rings is 1. The molecule has 0 radical (unpaired) electrons. The molecule has 0 unspecified atom stereocenters. The Balaban J connectivity index is 1.65. The van der Waals surface area contributed by atoms with Crippen molar-refractivity contribution in [3.05, 3.63) is 101 Å². The molecule has 0 saturated heterocycles. The lowest BCUT2D eigenvalue weighted by molar-refractivity contribution is -0.137. The third-order valence-corrected chi connectivity index (χ3v) is 5.20. The summed E-state index contributed by atoms with van der Waals surface area (Å²) in [5, 5.41) is 11.8. The minimum Gasteiger partial charge on any atom is -0.364 e. The van der Waals surface area contributed by atoms with Gasteiger partial charge in [-0.25, -0.2) is 9.37 Å². The monoisotopic (exact) mass is 513 g/mol. The predicted octanol–water partition coefficient (Wildman–Crippen LogP) is 5.46. The average Bonchev–Trinajstić information content (AvgIpc) is 3.37. The fourth-order valence-electron chi connectivity index (χ4n) is 3.31. The van der Waals surface area contributed by atoms with E-state index >= 15 is 0 Å². The Bertz CT molecular complexity index is 1440. The van der Waals surface area contributed by atoms with E-state index in [9.17, 15) is 27.2 Å². The third kappa shape index (κ3) is 6.28. The van der Waals surface area contributed by atoms with Crippen LogP contribution in [0.1, 0.15) is 37.5 Å². The van der Waals surface area contributed by atoms with E-state index in [2.05, 4.69) is 26.1 Å². The Morgan fingerprint density at radius 3 is 2.46 bits per heavy atom. The number of halogens is 4. The predicted molar refractivity (Wildman–Crippen MR) is 126 cm³/mol. The van der Waals surface area contributed by atoms with E-state index in [0.29, 0.717) is 29.6 Å². The molecule has 37 heavy (non-hydrogen) atoms. The van der Waals surface area contributed by atoms with Crippen LogP contribution >= 0.6 is 0 Å². The molecule has 0 aliphatic heterocycles. The topological polar surface area (TPSA) is 109 Å². The van der Waals surface area contributed by atoms with Gasteiger partial charge < -0.3 is 20.5 Å². The first-order valence-corrected chi connectivity index (χ1v) is 10.8. The number of alkyl halides is 3. The molecule has 0 spiro atoms. The lowest BCUT2D eigenvalue weighted by Gasteiger charge is -2.15. The summed E-state index contributed by atoms with van der Waals surface area (Å²) in [4.78, 5) is 29.7. The highest BCUT2D eigenvalue weighted by atomic mass is 19.4.